The summed E-state index contributed by atoms with van der Waals surface area (Å²) in [4.78, 5) is 0. The Morgan fingerprint density at radius 1 is 1.00 bits per heavy atom. The molecule has 0 fully saturated rings. The SMILES string of the molecule is Nc1cc(CS(=O)Cc2ccccc2)ccc1Cl. The number of nitrogens with two attached hydrogens (primary N) is 1. The molecule has 0 amide bonds. The number of rotatable bonds is 4. The average molecular weight is 280 g/mol. The minimum Gasteiger partial charge on any atom is -0.398 e. The van der Waals surface area contributed by atoms with Crippen LogP contribution in [0.1, 0.15) is 11.1 Å². The molecule has 0 saturated carbocycles. The molecule has 1 unspecified atom stereocenters. The Hall–Kier alpha value is -1.32. The Labute approximate surface area is 114 Å². The van der Waals surface area contributed by atoms with Crippen molar-refractivity contribution in [2.24, 2.45) is 0 Å². The summed E-state index contributed by atoms with van der Waals surface area (Å²) < 4.78 is 12.0. The molecule has 2 aromatic carbocycles. The second kappa shape index (κ2) is 6.03. The maximum atomic E-state index is 12.0. The summed E-state index contributed by atoms with van der Waals surface area (Å²) in [6.45, 7) is 0. The highest BCUT2D eigenvalue weighted by Gasteiger charge is 2.05. The first-order valence-corrected chi connectivity index (χ1v) is 7.44. The van der Waals surface area contributed by atoms with Gasteiger partial charge in [0, 0.05) is 22.3 Å². The molecule has 94 valence electrons. The highest BCUT2D eigenvalue weighted by atomic mass is 35.5. The van der Waals surface area contributed by atoms with Gasteiger partial charge in [0.05, 0.1) is 10.7 Å². The first-order chi connectivity index (χ1) is 8.65. The summed E-state index contributed by atoms with van der Waals surface area (Å²) in [6.07, 6.45) is 0. The lowest BCUT2D eigenvalue weighted by molar-refractivity contribution is 0.682. The Kier molecular flexibility index (Phi) is 4.39. The van der Waals surface area contributed by atoms with E-state index in [4.69, 9.17) is 17.3 Å². The standard InChI is InChI=1S/C14H14ClNOS/c15-13-7-6-12(8-14(13)16)10-18(17)9-11-4-2-1-3-5-11/h1-8H,9-10,16H2. The maximum absolute atomic E-state index is 12.0. The average Bonchev–Trinajstić information content (AvgIpc) is 2.35. The van der Waals surface area contributed by atoms with Crippen molar-refractivity contribution < 1.29 is 4.21 Å². The van der Waals surface area contributed by atoms with Gasteiger partial charge in [0.15, 0.2) is 0 Å². The Balaban J connectivity index is 2.01. The topological polar surface area (TPSA) is 43.1 Å². The van der Waals surface area contributed by atoms with Gasteiger partial charge < -0.3 is 5.73 Å². The maximum Gasteiger partial charge on any atom is 0.0635 e. The Bertz CT molecular complexity index is 557. The van der Waals surface area contributed by atoms with E-state index in [1.165, 1.54) is 0 Å². The quantitative estimate of drug-likeness (QED) is 0.872. The summed E-state index contributed by atoms with van der Waals surface area (Å²) in [7, 11) is -0.936. The molecular formula is C14H14ClNOS. The van der Waals surface area contributed by atoms with Crippen molar-refractivity contribution in [2.45, 2.75) is 11.5 Å². The van der Waals surface area contributed by atoms with Gasteiger partial charge in [-0.3, -0.25) is 4.21 Å². The van der Waals surface area contributed by atoms with E-state index in [0.29, 0.717) is 22.2 Å². The van der Waals surface area contributed by atoms with Gasteiger partial charge in [0.2, 0.25) is 0 Å². The molecule has 1 atom stereocenters. The van der Waals surface area contributed by atoms with Crippen LogP contribution < -0.4 is 5.73 Å². The summed E-state index contributed by atoms with van der Waals surface area (Å²) in [5.41, 5.74) is 8.28. The van der Waals surface area contributed by atoms with Crippen LogP contribution in [0.15, 0.2) is 48.5 Å². The lowest BCUT2D eigenvalue weighted by Crippen LogP contribution is -2.00. The van der Waals surface area contributed by atoms with Crippen LogP contribution in [-0.2, 0) is 22.3 Å². The summed E-state index contributed by atoms with van der Waals surface area (Å²) in [5.74, 6) is 1.06. The van der Waals surface area contributed by atoms with E-state index in [1.807, 2.05) is 36.4 Å². The number of benzene rings is 2. The van der Waals surface area contributed by atoms with E-state index in [-0.39, 0.29) is 0 Å². The number of hydrogen-bond acceptors (Lipinski definition) is 2. The Morgan fingerprint density at radius 2 is 1.67 bits per heavy atom. The van der Waals surface area contributed by atoms with Gasteiger partial charge in [-0.25, -0.2) is 0 Å². The zero-order valence-electron chi connectivity index (χ0n) is 9.80. The molecule has 0 saturated heterocycles. The van der Waals surface area contributed by atoms with Crippen LogP contribution in [-0.4, -0.2) is 4.21 Å². The van der Waals surface area contributed by atoms with Gasteiger partial charge in [-0.2, -0.15) is 0 Å². The second-order valence-electron chi connectivity index (χ2n) is 4.07. The van der Waals surface area contributed by atoms with Crippen LogP contribution in [0.5, 0.6) is 0 Å². The summed E-state index contributed by atoms with van der Waals surface area (Å²) >= 11 is 5.85. The van der Waals surface area contributed by atoms with Crippen molar-refractivity contribution in [3.05, 3.63) is 64.7 Å². The van der Waals surface area contributed by atoms with E-state index in [9.17, 15) is 4.21 Å². The third-order valence-corrected chi connectivity index (χ3v) is 4.21. The third-order valence-electron chi connectivity index (χ3n) is 2.56. The van der Waals surface area contributed by atoms with Crippen LogP contribution >= 0.6 is 11.6 Å². The minimum atomic E-state index is -0.936. The highest BCUT2D eigenvalue weighted by molar-refractivity contribution is 7.83. The lowest BCUT2D eigenvalue weighted by Gasteiger charge is -2.05. The number of nitrogen functional groups attached to an aromatic ring is 1. The van der Waals surface area contributed by atoms with Crippen LogP contribution in [0.25, 0.3) is 0 Å². The van der Waals surface area contributed by atoms with Crippen molar-refractivity contribution >= 4 is 28.1 Å². The van der Waals surface area contributed by atoms with Crippen molar-refractivity contribution in [1.29, 1.82) is 0 Å². The van der Waals surface area contributed by atoms with Crippen molar-refractivity contribution in [3.8, 4) is 0 Å². The Morgan fingerprint density at radius 3 is 2.33 bits per heavy atom. The number of anilines is 1. The van der Waals surface area contributed by atoms with Crippen molar-refractivity contribution in [1.82, 2.24) is 0 Å². The number of hydrogen-bond donors (Lipinski definition) is 1. The van der Waals surface area contributed by atoms with E-state index in [2.05, 4.69) is 0 Å². The van der Waals surface area contributed by atoms with Gasteiger partial charge in [0.25, 0.3) is 0 Å². The van der Waals surface area contributed by atoms with Crippen molar-refractivity contribution in [2.75, 3.05) is 5.73 Å². The van der Waals surface area contributed by atoms with Gasteiger partial charge >= 0.3 is 0 Å². The molecule has 4 heteroatoms. The van der Waals surface area contributed by atoms with E-state index < -0.39 is 10.8 Å². The molecule has 0 aliphatic heterocycles. The molecule has 2 aromatic rings. The summed E-state index contributed by atoms with van der Waals surface area (Å²) in [5, 5.41) is 0.535. The molecule has 0 aliphatic carbocycles. The normalized spacial score (nSPS) is 12.3. The van der Waals surface area contributed by atoms with Gasteiger partial charge in [-0.15, -0.1) is 0 Å². The molecule has 0 aliphatic rings. The van der Waals surface area contributed by atoms with Gasteiger partial charge in [0.1, 0.15) is 0 Å². The van der Waals surface area contributed by atoms with Crippen LogP contribution in [0.3, 0.4) is 0 Å². The highest BCUT2D eigenvalue weighted by Crippen LogP contribution is 2.20. The molecule has 0 bridgehead atoms. The second-order valence-corrected chi connectivity index (χ2v) is 5.93. The smallest absolute Gasteiger partial charge is 0.0635 e. The first kappa shape index (κ1) is 13.1. The molecule has 2 rings (SSSR count). The van der Waals surface area contributed by atoms with Gasteiger partial charge in [-0.1, -0.05) is 48.0 Å². The summed E-state index contributed by atoms with van der Waals surface area (Å²) in [6, 6.07) is 15.2. The largest absolute Gasteiger partial charge is 0.398 e. The lowest BCUT2D eigenvalue weighted by atomic mass is 10.2. The fraction of sp³-hybridized carbons (Fsp3) is 0.143. The molecule has 0 spiro atoms. The predicted octanol–water partition coefficient (Wildman–Crippen LogP) is 3.37. The van der Waals surface area contributed by atoms with Crippen LogP contribution in [0.2, 0.25) is 5.02 Å². The zero-order chi connectivity index (χ0) is 13.0. The van der Waals surface area contributed by atoms with E-state index >= 15 is 0 Å². The molecule has 0 radical (unpaired) electrons. The molecule has 18 heavy (non-hydrogen) atoms. The molecular weight excluding hydrogens is 266 g/mol. The zero-order valence-corrected chi connectivity index (χ0v) is 11.4. The van der Waals surface area contributed by atoms with E-state index in [0.717, 1.165) is 11.1 Å². The van der Waals surface area contributed by atoms with Crippen LogP contribution in [0.4, 0.5) is 5.69 Å². The molecule has 2 nitrogen and oxygen atoms in total. The van der Waals surface area contributed by atoms with E-state index in [1.54, 1.807) is 12.1 Å². The fourth-order valence-electron chi connectivity index (χ4n) is 1.68. The monoisotopic (exact) mass is 279 g/mol. The molecule has 0 heterocycles. The van der Waals surface area contributed by atoms with Crippen LogP contribution in [0, 0.1) is 0 Å². The first-order valence-electron chi connectivity index (χ1n) is 5.58. The fourth-order valence-corrected chi connectivity index (χ4v) is 3.02. The molecule has 0 aromatic heterocycles. The van der Waals surface area contributed by atoms with Crippen molar-refractivity contribution in [3.63, 3.8) is 0 Å². The number of halogens is 1. The third kappa shape index (κ3) is 3.59. The van der Waals surface area contributed by atoms with Gasteiger partial charge in [-0.05, 0) is 23.3 Å². The molecule has 2 N–H and O–H groups in total. The predicted molar refractivity (Wildman–Crippen MR) is 77.9 cm³/mol. The minimum absolute atomic E-state index is 0.496.